The molecule has 5 rings (SSSR count). The minimum Gasteiger partial charge on any atom is -0.451 e. The summed E-state index contributed by atoms with van der Waals surface area (Å²) in [6, 6.07) is 23.7. The zero-order chi connectivity index (χ0) is 23.9. The van der Waals surface area contributed by atoms with Crippen molar-refractivity contribution in [2.45, 2.75) is 4.90 Å². The number of halogens is 2. The summed E-state index contributed by atoms with van der Waals surface area (Å²) in [6.07, 6.45) is 0. The van der Waals surface area contributed by atoms with Crippen molar-refractivity contribution in [2.24, 2.45) is 0 Å². The molecular formula is C25H16Cl2N2O4S. The first-order chi connectivity index (χ1) is 16.3. The third kappa shape index (κ3) is 4.21. The minimum absolute atomic E-state index is 0.00301. The number of fused-ring (bicyclic) bond motifs is 3. The fraction of sp³-hybridized carbons (Fsp3) is 0. The Morgan fingerprint density at radius 1 is 0.824 bits per heavy atom. The van der Waals surface area contributed by atoms with Crippen molar-refractivity contribution in [2.75, 3.05) is 10.0 Å². The first kappa shape index (κ1) is 22.3. The Morgan fingerprint density at radius 3 is 2.38 bits per heavy atom. The van der Waals surface area contributed by atoms with E-state index >= 15 is 0 Å². The van der Waals surface area contributed by atoms with Crippen LogP contribution in [0.1, 0.15) is 10.6 Å². The Kier molecular flexibility index (Phi) is 5.69. The monoisotopic (exact) mass is 510 g/mol. The number of hydrogen-bond donors (Lipinski definition) is 2. The normalized spacial score (nSPS) is 11.6. The van der Waals surface area contributed by atoms with Gasteiger partial charge in [0.05, 0.1) is 20.6 Å². The molecule has 0 radical (unpaired) electrons. The number of nitrogens with one attached hydrogen (secondary N) is 2. The van der Waals surface area contributed by atoms with Gasteiger partial charge in [-0.25, -0.2) is 8.42 Å². The highest BCUT2D eigenvalue weighted by molar-refractivity contribution is 7.92. The van der Waals surface area contributed by atoms with Crippen LogP contribution in [0.25, 0.3) is 21.7 Å². The molecule has 0 unspecified atom stereocenters. The lowest BCUT2D eigenvalue weighted by atomic mass is 10.1. The average molecular weight is 511 g/mol. The summed E-state index contributed by atoms with van der Waals surface area (Å²) in [5, 5.41) is 5.95. The van der Waals surface area contributed by atoms with E-state index in [0.29, 0.717) is 11.3 Å². The van der Waals surface area contributed by atoms with Crippen LogP contribution in [0.3, 0.4) is 0 Å². The maximum atomic E-state index is 12.7. The zero-order valence-electron chi connectivity index (χ0n) is 17.4. The Labute approximate surface area is 205 Å². The highest BCUT2D eigenvalue weighted by atomic mass is 35.5. The van der Waals surface area contributed by atoms with Gasteiger partial charge in [0, 0.05) is 11.1 Å². The molecule has 4 aromatic carbocycles. The summed E-state index contributed by atoms with van der Waals surface area (Å²) in [7, 11) is -3.91. The molecule has 0 atom stereocenters. The fourth-order valence-corrected chi connectivity index (χ4v) is 5.08. The molecule has 1 aromatic heterocycles. The largest absolute Gasteiger partial charge is 0.451 e. The van der Waals surface area contributed by atoms with Crippen LogP contribution in [0, 0.1) is 0 Å². The summed E-state index contributed by atoms with van der Waals surface area (Å²) in [4.78, 5) is 12.7. The lowest BCUT2D eigenvalue weighted by Gasteiger charge is -2.11. The van der Waals surface area contributed by atoms with Gasteiger partial charge in [-0.15, -0.1) is 0 Å². The van der Waals surface area contributed by atoms with Crippen LogP contribution in [-0.2, 0) is 10.0 Å². The van der Waals surface area contributed by atoms with E-state index in [9.17, 15) is 13.2 Å². The molecule has 9 heteroatoms. The summed E-state index contributed by atoms with van der Waals surface area (Å²) >= 11 is 12.0. The van der Waals surface area contributed by atoms with Gasteiger partial charge in [-0.2, -0.15) is 0 Å². The van der Waals surface area contributed by atoms with Crippen molar-refractivity contribution in [3.8, 4) is 0 Å². The SMILES string of the molecule is O=C(Nc1ccc(S(=O)(=O)Nc2cccc(Cl)c2Cl)cc1)c1cc2c(ccc3ccccc32)o1. The van der Waals surface area contributed by atoms with Crippen LogP contribution in [-0.4, -0.2) is 14.3 Å². The topological polar surface area (TPSA) is 88.4 Å². The predicted octanol–water partition coefficient (Wildman–Crippen LogP) is 6.95. The second-order valence-corrected chi connectivity index (χ2v) is 9.96. The molecule has 0 aliphatic carbocycles. The maximum absolute atomic E-state index is 12.7. The van der Waals surface area contributed by atoms with E-state index in [1.165, 1.54) is 30.3 Å². The molecule has 0 bridgehead atoms. The van der Waals surface area contributed by atoms with Gasteiger partial charge >= 0.3 is 0 Å². The van der Waals surface area contributed by atoms with Gasteiger partial charge < -0.3 is 9.73 Å². The molecule has 0 fully saturated rings. The van der Waals surface area contributed by atoms with Crippen molar-refractivity contribution < 1.29 is 17.6 Å². The zero-order valence-corrected chi connectivity index (χ0v) is 19.7. The molecule has 0 aliphatic rings. The lowest BCUT2D eigenvalue weighted by Crippen LogP contribution is -2.14. The van der Waals surface area contributed by atoms with Crippen molar-refractivity contribution in [1.82, 2.24) is 0 Å². The number of rotatable bonds is 5. The molecule has 170 valence electrons. The van der Waals surface area contributed by atoms with E-state index in [4.69, 9.17) is 27.6 Å². The number of sulfonamides is 1. The fourth-order valence-electron chi connectivity index (χ4n) is 3.60. The standard InChI is InChI=1S/C25H16Cl2N2O4S/c26-20-6-3-7-21(24(20)27)29-34(31,32)17-11-9-16(10-12-17)28-25(30)23-14-19-18-5-2-1-4-15(18)8-13-22(19)33-23/h1-14,29H,(H,28,30). The van der Waals surface area contributed by atoms with Crippen molar-refractivity contribution in [3.05, 3.63) is 101 Å². The number of carbonyl (C=O) groups excluding carboxylic acids is 1. The molecule has 0 saturated heterocycles. The molecule has 1 heterocycles. The maximum Gasteiger partial charge on any atom is 0.291 e. The van der Waals surface area contributed by atoms with Crippen LogP contribution in [0.15, 0.2) is 94.2 Å². The Morgan fingerprint density at radius 2 is 1.59 bits per heavy atom. The molecule has 0 aliphatic heterocycles. The highest BCUT2D eigenvalue weighted by Gasteiger charge is 2.18. The molecule has 6 nitrogen and oxygen atoms in total. The molecule has 34 heavy (non-hydrogen) atoms. The molecular weight excluding hydrogens is 495 g/mol. The smallest absolute Gasteiger partial charge is 0.291 e. The number of hydrogen-bond acceptors (Lipinski definition) is 4. The summed E-state index contributed by atoms with van der Waals surface area (Å²) in [6.45, 7) is 0. The predicted molar refractivity (Wildman–Crippen MR) is 135 cm³/mol. The van der Waals surface area contributed by atoms with E-state index < -0.39 is 15.9 Å². The van der Waals surface area contributed by atoms with E-state index in [1.807, 2.05) is 36.4 Å². The van der Waals surface area contributed by atoms with Crippen molar-refractivity contribution in [3.63, 3.8) is 0 Å². The van der Waals surface area contributed by atoms with Crippen LogP contribution < -0.4 is 10.0 Å². The Bertz CT molecular complexity index is 1660. The number of amides is 1. The molecule has 0 spiro atoms. The van der Waals surface area contributed by atoms with E-state index in [1.54, 1.807) is 18.2 Å². The van der Waals surface area contributed by atoms with Crippen molar-refractivity contribution in [1.29, 1.82) is 0 Å². The van der Waals surface area contributed by atoms with Crippen LogP contribution in [0.2, 0.25) is 10.0 Å². The third-order valence-corrected chi connectivity index (χ3v) is 7.47. The quantitative estimate of drug-likeness (QED) is 0.267. The molecule has 2 N–H and O–H groups in total. The molecule has 1 amide bonds. The van der Waals surface area contributed by atoms with Gasteiger partial charge in [0.2, 0.25) is 0 Å². The number of furan rings is 1. The average Bonchev–Trinajstić information content (AvgIpc) is 3.28. The minimum atomic E-state index is -3.91. The van der Waals surface area contributed by atoms with Crippen LogP contribution in [0.4, 0.5) is 11.4 Å². The van der Waals surface area contributed by atoms with E-state index in [0.717, 1.165) is 16.2 Å². The van der Waals surface area contributed by atoms with Gasteiger partial charge in [-0.3, -0.25) is 9.52 Å². The van der Waals surface area contributed by atoms with Gasteiger partial charge in [-0.1, -0.05) is 59.6 Å². The Balaban J connectivity index is 1.35. The van der Waals surface area contributed by atoms with Gasteiger partial charge in [0.15, 0.2) is 5.76 Å². The van der Waals surface area contributed by atoms with Crippen LogP contribution in [0.5, 0.6) is 0 Å². The van der Waals surface area contributed by atoms with E-state index in [-0.39, 0.29) is 26.4 Å². The summed E-state index contributed by atoms with van der Waals surface area (Å²) in [5.41, 5.74) is 1.19. The van der Waals surface area contributed by atoms with Crippen molar-refractivity contribution >= 4 is 72.2 Å². The first-order valence-corrected chi connectivity index (χ1v) is 12.4. The van der Waals surface area contributed by atoms with Gasteiger partial charge in [0.1, 0.15) is 5.58 Å². The summed E-state index contributed by atoms with van der Waals surface area (Å²) < 4.78 is 33.6. The molecule has 5 aromatic rings. The summed E-state index contributed by atoms with van der Waals surface area (Å²) in [5.74, 6) is -0.292. The third-order valence-electron chi connectivity index (χ3n) is 5.27. The molecule has 0 saturated carbocycles. The second kappa shape index (κ2) is 8.68. The Hall–Kier alpha value is -3.52. The van der Waals surface area contributed by atoms with Gasteiger partial charge in [-0.05, 0) is 59.3 Å². The van der Waals surface area contributed by atoms with Crippen LogP contribution >= 0.6 is 23.2 Å². The number of benzene rings is 4. The highest BCUT2D eigenvalue weighted by Crippen LogP contribution is 2.32. The lowest BCUT2D eigenvalue weighted by molar-refractivity contribution is 0.0998. The number of anilines is 2. The first-order valence-electron chi connectivity index (χ1n) is 10.1. The second-order valence-electron chi connectivity index (χ2n) is 7.49. The van der Waals surface area contributed by atoms with E-state index in [2.05, 4.69) is 10.0 Å². The van der Waals surface area contributed by atoms with Gasteiger partial charge in [0.25, 0.3) is 15.9 Å². The number of carbonyl (C=O) groups is 1.